The average molecular weight is 344 g/mol. The van der Waals surface area contributed by atoms with Crippen LogP contribution in [-0.2, 0) is 19.1 Å². The van der Waals surface area contributed by atoms with Crippen molar-refractivity contribution >= 4 is 17.3 Å². The lowest BCUT2D eigenvalue weighted by atomic mass is 9.54. The molecule has 1 aromatic heterocycles. The number of fused-ring (bicyclic) bond motifs is 2. The van der Waals surface area contributed by atoms with E-state index in [1.54, 1.807) is 12.1 Å². The van der Waals surface area contributed by atoms with Gasteiger partial charge in [0.15, 0.2) is 5.76 Å². The van der Waals surface area contributed by atoms with Crippen LogP contribution in [0.5, 0.6) is 0 Å². The van der Waals surface area contributed by atoms with E-state index in [0.29, 0.717) is 6.42 Å². The Labute approximate surface area is 145 Å². The molecular weight excluding hydrogens is 324 g/mol. The SMILES string of the molecule is COC1(OC)C(=O)[C@]2(/C=C/C(=O)c3ccco3)C=C[C@H]1C[C@H]2C(C)=O. The third kappa shape index (κ3) is 2.44. The normalized spacial score (nSPS) is 30.1. The Morgan fingerprint density at radius 3 is 2.60 bits per heavy atom. The number of hydrogen-bond acceptors (Lipinski definition) is 6. The van der Waals surface area contributed by atoms with Gasteiger partial charge in [0, 0.05) is 26.1 Å². The van der Waals surface area contributed by atoms with Gasteiger partial charge in [-0.15, -0.1) is 0 Å². The maximum Gasteiger partial charge on any atom is 0.236 e. The van der Waals surface area contributed by atoms with Crippen LogP contribution in [0.3, 0.4) is 0 Å². The summed E-state index contributed by atoms with van der Waals surface area (Å²) in [5, 5.41) is 0. The second kappa shape index (κ2) is 6.20. The number of Topliss-reactive ketones (excluding diaryl/α,β-unsaturated/α-hetero) is 2. The van der Waals surface area contributed by atoms with Crippen LogP contribution in [0.15, 0.2) is 47.1 Å². The summed E-state index contributed by atoms with van der Waals surface area (Å²) < 4.78 is 15.9. The van der Waals surface area contributed by atoms with E-state index in [-0.39, 0.29) is 29.0 Å². The van der Waals surface area contributed by atoms with Gasteiger partial charge in [-0.2, -0.15) is 0 Å². The highest BCUT2D eigenvalue weighted by atomic mass is 16.7. The summed E-state index contributed by atoms with van der Waals surface area (Å²) >= 11 is 0. The first-order valence-electron chi connectivity index (χ1n) is 8.03. The van der Waals surface area contributed by atoms with Crippen molar-refractivity contribution < 1.29 is 28.3 Å². The molecule has 3 aliphatic rings. The lowest BCUT2D eigenvalue weighted by Gasteiger charge is -2.52. The van der Waals surface area contributed by atoms with Gasteiger partial charge in [0.05, 0.1) is 11.7 Å². The van der Waals surface area contributed by atoms with Gasteiger partial charge in [-0.1, -0.05) is 18.2 Å². The van der Waals surface area contributed by atoms with Gasteiger partial charge in [-0.05, 0) is 31.6 Å². The maximum absolute atomic E-state index is 13.3. The van der Waals surface area contributed by atoms with Crippen LogP contribution in [0.2, 0.25) is 0 Å². The topological polar surface area (TPSA) is 82.8 Å². The van der Waals surface area contributed by atoms with Crippen molar-refractivity contribution in [3.05, 3.63) is 48.5 Å². The molecule has 0 unspecified atom stereocenters. The standard InChI is InChI=1S/C19H20O6/c1-12(20)14-11-13-6-8-18(14,17(22)19(13,23-2)24-3)9-7-15(21)16-5-4-10-25-16/h4-10,13-14H,11H2,1-3H3/b9-7+/t13-,14-,18-/m0/s1. The molecule has 0 radical (unpaired) electrons. The lowest BCUT2D eigenvalue weighted by Crippen LogP contribution is -2.64. The number of rotatable bonds is 6. The molecule has 0 spiro atoms. The minimum Gasteiger partial charge on any atom is -0.461 e. The molecule has 6 nitrogen and oxygen atoms in total. The van der Waals surface area contributed by atoms with Crippen LogP contribution in [0.25, 0.3) is 0 Å². The third-order valence-corrected chi connectivity index (χ3v) is 5.24. The number of allylic oxidation sites excluding steroid dienone is 3. The van der Waals surface area contributed by atoms with Crippen LogP contribution in [0, 0.1) is 17.3 Å². The van der Waals surface area contributed by atoms with Gasteiger partial charge in [0.25, 0.3) is 0 Å². The highest BCUT2D eigenvalue weighted by molar-refractivity contribution is 6.06. The van der Waals surface area contributed by atoms with Crippen LogP contribution >= 0.6 is 0 Å². The van der Waals surface area contributed by atoms with E-state index in [0.717, 1.165) is 0 Å². The molecule has 0 amide bonds. The molecule has 0 saturated heterocycles. The Kier molecular flexibility index (Phi) is 4.34. The van der Waals surface area contributed by atoms with Crippen molar-refractivity contribution in [2.75, 3.05) is 14.2 Å². The molecule has 0 aromatic carbocycles. The molecule has 6 heteroatoms. The fraction of sp³-hybridized carbons (Fsp3) is 0.421. The quantitative estimate of drug-likeness (QED) is 0.341. The third-order valence-electron chi connectivity index (χ3n) is 5.24. The fourth-order valence-electron chi connectivity index (χ4n) is 3.94. The van der Waals surface area contributed by atoms with Gasteiger partial charge < -0.3 is 13.9 Å². The number of ketones is 3. The Bertz CT molecular complexity index is 753. The minimum atomic E-state index is -1.45. The van der Waals surface area contributed by atoms with Gasteiger partial charge in [0.2, 0.25) is 17.4 Å². The van der Waals surface area contributed by atoms with E-state index in [1.165, 1.54) is 45.6 Å². The van der Waals surface area contributed by atoms with Crippen molar-refractivity contribution in [2.24, 2.45) is 17.3 Å². The van der Waals surface area contributed by atoms with Gasteiger partial charge in [-0.3, -0.25) is 14.4 Å². The van der Waals surface area contributed by atoms with Gasteiger partial charge in [0.1, 0.15) is 5.78 Å². The lowest BCUT2D eigenvalue weighted by molar-refractivity contribution is -0.244. The zero-order chi connectivity index (χ0) is 18.2. The summed E-state index contributed by atoms with van der Waals surface area (Å²) in [7, 11) is 2.81. The van der Waals surface area contributed by atoms with E-state index in [1.807, 2.05) is 6.08 Å². The van der Waals surface area contributed by atoms with E-state index in [2.05, 4.69) is 0 Å². The Morgan fingerprint density at radius 1 is 1.32 bits per heavy atom. The fourth-order valence-corrected chi connectivity index (χ4v) is 3.94. The summed E-state index contributed by atoms with van der Waals surface area (Å²) in [6.45, 7) is 1.46. The zero-order valence-electron chi connectivity index (χ0n) is 14.4. The van der Waals surface area contributed by atoms with E-state index >= 15 is 0 Å². The van der Waals surface area contributed by atoms with Crippen molar-refractivity contribution in [2.45, 2.75) is 19.1 Å². The first-order chi connectivity index (χ1) is 11.9. The molecule has 1 saturated carbocycles. The van der Waals surface area contributed by atoms with Crippen molar-refractivity contribution in [1.82, 2.24) is 0 Å². The number of carbonyl (C=O) groups is 3. The van der Waals surface area contributed by atoms with Crippen molar-refractivity contribution in [3.63, 3.8) is 0 Å². The van der Waals surface area contributed by atoms with Crippen molar-refractivity contribution in [1.29, 1.82) is 0 Å². The molecule has 1 heterocycles. The highest BCUT2D eigenvalue weighted by Crippen LogP contribution is 2.54. The monoisotopic (exact) mass is 344 g/mol. The van der Waals surface area contributed by atoms with Gasteiger partial charge >= 0.3 is 0 Å². The molecule has 2 bridgehead atoms. The summed E-state index contributed by atoms with van der Waals surface area (Å²) in [5.74, 6) is -3.05. The van der Waals surface area contributed by atoms with Crippen molar-refractivity contribution in [3.8, 4) is 0 Å². The van der Waals surface area contributed by atoms with E-state index in [9.17, 15) is 14.4 Å². The molecule has 1 aromatic rings. The summed E-state index contributed by atoms with van der Waals surface area (Å²) in [6, 6.07) is 3.15. The smallest absolute Gasteiger partial charge is 0.236 e. The van der Waals surface area contributed by atoms with Gasteiger partial charge in [-0.25, -0.2) is 0 Å². The number of carbonyl (C=O) groups excluding carboxylic acids is 3. The number of methoxy groups -OCH3 is 2. The Hall–Kier alpha value is -2.31. The number of hydrogen-bond donors (Lipinski definition) is 0. The second-order valence-electron chi connectivity index (χ2n) is 6.38. The molecule has 25 heavy (non-hydrogen) atoms. The molecule has 3 atom stereocenters. The molecule has 132 valence electrons. The minimum absolute atomic E-state index is 0.112. The zero-order valence-corrected chi connectivity index (χ0v) is 14.4. The van der Waals surface area contributed by atoms with Crippen LogP contribution in [0.4, 0.5) is 0 Å². The van der Waals surface area contributed by atoms with E-state index < -0.39 is 17.1 Å². The molecule has 4 rings (SSSR count). The molecule has 0 aliphatic heterocycles. The Morgan fingerprint density at radius 2 is 2.04 bits per heavy atom. The molecule has 3 aliphatic carbocycles. The summed E-state index contributed by atoms with van der Waals surface area (Å²) in [5.41, 5.74) is -1.27. The molecule has 1 fully saturated rings. The summed E-state index contributed by atoms with van der Waals surface area (Å²) in [4.78, 5) is 37.7. The molecular formula is C19H20O6. The predicted octanol–water partition coefficient (Wildman–Crippen LogP) is 2.36. The largest absolute Gasteiger partial charge is 0.461 e. The predicted molar refractivity (Wildman–Crippen MR) is 87.8 cm³/mol. The summed E-state index contributed by atoms with van der Waals surface area (Å²) in [6.07, 6.45) is 8.09. The van der Waals surface area contributed by atoms with E-state index in [4.69, 9.17) is 13.9 Å². The molecule has 0 N–H and O–H groups in total. The Balaban J connectivity index is 2.06. The van der Waals surface area contributed by atoms with Crippen LogP contribution in [0.1, 0.15) is 23.9 Å². The number of furan rings is 1. The first kappa shape index (κ1) is 17.5. The van der Waals surface area contributed by atoms with Crippen LogP contribution < -0.4 is 0 Å². The average Bonchev–Trinajstić information content (AvgIpc) is 3.15. The maximum atomic E-state index is 13.3. The number of ether oxygens (including phenoxy) is 2. The highest BCUT2D eigenvalue weighted by Gasteiger charge is 2.64. The first-order valence-corrected chi connectivity index (χ1v) is 8.03. The van der Waals surface area contributed by atoms with Crippen LogP contribution in [-0.4, -0.2) is 37.4 Å². The second-order valence-corrected chi connectivity index (χ2v) is 6.38.